The van der Waals surface area contributed by atoms with Crippen LogP contribution in [0.25, 0.3) is 0 Å². The summed E-state index contributed by atoms with van der Waals surface area (Å²) in [6.45, 7) is 2.12. The van der Waals surface area contributed by atoms with Gasteiger partial charge in [-0.3, -0.25) is 0 Å². The van der Waals surface area contributed by atoms with Crippen LogP contribution < -0.4 is 5.73 Å². The molecule has 0 saturated heterocycles. The van der Waals surface area contributed by atoms with E-state index >= 15 is 0 Å². The maximum absolute atomic E-state index is 9.01. The number of rotatable bonds is 0. The molecule has 1 aliphatic carbocycles. The van der Waals surface area contributed by atoms with E-state index in [4.69, 9.17) is 11.0 Å². The summed E-state index contributed by atoms with van der Waals surface area (Å²) >= 11 is 0. The number of nitrogens with zero attached hydrogens (tertiary/aromatic N) is 1. The maximum atomic E-state index is 9.01. The van der Waals surface area contributed by atoms with Crippen LogP contribution in [0.15, 0.2) is 24.3 Å². The van der Waals surface area contributed by atoms with Crippen molar-refractivity contribution >= 4 is 0 Å². The molecule has 2 N–H and O–H groups in total. The van der Waals surface area contributed by atoms with Gasteiger partial charge in [0.15, 0.2) is 0 Å². The highest BCUT2D eigenvalue weighted by Gasteiger charge is 2.38. The number of benzene rings is 1. The minimum absolute atomic E-state index is 0.404. The standard InChI is InChI=1S/C11H12N2/c1-8-6-11(13,7-12)10-5-3-2-4-9(8)10/h2-5,8H,6,13H2,1H3. The van der Waals surface area contributed by atoms with Crippen LogP contribution in [-0.2, 0) is 5.54 Å². The first-order valence-corrected chi connectivity index (χ1v) is 4.47. The third kappa shape index (κ3) is 1.05. The second-order valence-electron chi connectivity index (χ2n) is 3.78. The summed E-state index contributed by atoms with van der Waals surface area (Å²) in [6.07, 6.45) is 0.739. The summed E-state index contributed by atoms with van der Waals surface area (Å²) in [7, 11) is 0. The molecular weight excluding hydrogens is 160 g/mol. The lowest BCUT2D eigenvalue weighted by molar-refractivity contribution is 0.531. The second-order valence-corrected chi connectivity index (χ2v) is 3.78. The minimum Gasteiger partial charge on any atom is -0.310 e. The fourth-order valence-corrected chi connectivity index (χ4v) is 2.14. The van der Waals surface area contributed by atoms with Gasteiger partial charge in [-0.05, 0) is 23.5 Å². The highest BCUT2D eigenvalue weighted by atomic mass is 14.8. The zero-order valence-corrected chi connectivity index (χ0v) is 7.62. The lowest BCUT2D eigenvalue weighted by Gasteiger charge is -2.14. The molecule has 0 heterocycles. The fraction of sp³-hybridized carbons (Fsp3) is 0.364. The second kappa shape index (κ2) is 2.58. The van der Waals surface area contributed by atoms with E-state index in [1.165, 1.54) is 5.56 Å². The lowest BCUT2D eigenvalue weighted by atomic mass is 9.95. The molecule has 66 valence electrons. The molecule has 1 aromatic carbocycles. The Labute approximate surface area is 78.0 Å². The van der Waals surface area contributed by atoms with Crippen LogP contribution in [0.3, 0.4) is 0 Å². The minimum atomic E-state index is -0.754. The van der Waals surface area contributed by atoms with E-state index in [0.29, 0.717) is 5.92 Å². The zero-order chi connectivity index (χ0) is 9.47. The molecule has 0 aliphatic heterocycles. The quantitative estimate of drug-likeness (QED) is 0.649. The molecule has 2 unspecified atom stereocenters. The van der Waals surface area contributed by atoms with Crippen molar-refractivity contribution in [2.24, 2.45) is 5.73 Å². The van der Waals surface area contributed by atoms with Crippen LogP contribution >= 0.6 is 0 Å². The largest absolute Gasteiger partial charge is 0.310 e. The Morgan fingerprint density at radius 3 is 2.92 bits per heavy atom. The van der Waals surface area contributed by atoms with Crippen molar-refractivity contribution in [2.75, 3.05) is 0 Å². The van der Waals surface area contributed by atoms with Crippen molar-refractivity contribution in [1.29, 1.82) is 5.26 Å². The molecule has 0 saturated carbocycles. The predicted molar refractivity (Wildman–Crippen MR) is 51.0 cm³/mol. The smallest absolute Gasteiger partial charge is 0.130 e. The Balaban J connectivity index is 2.61. The van der Waals surface area contributed by atoms with E-state index in [2.05, 4.69) is 19.1 Å². The Kier molecular flexibility index (Phi) is 1.64. The third-order valence-electron chi connectivity index (χ3n) is 2.80. The van der Waals surface area contributed by atoms with Gasteiger partial charge >= 0.3 is 0 Å². The molecule has 0 aromatic heterocycles. The van der Waals surface area contributed by atoms with Gasteiger partial charge in [0, 0.05) is 0 Å². The molecule has 1 aliphatic rings. The van der Waals surface area contributed by atoms with Crippen molar-refractivity contribution in [2.45, 2.75) is 24.8 Å². The molecule has 13 heavy (non-hydrogen) atoms. The summed E-state index contributed by atoms with van der Waals surface area (Å²) in [5.74, 6) is 0.404. The SMILES string of the molecule is CC1CC(N)(C#N)c2ccccc21. The molecule has 0 fully saturated rings. The molecule has 2 rings (SSSR count). The van der Waals surface area contributed by atoms with E-state index in [9.17, 15) is 0 Å². The molecule has 0 bridgehead atoms. The first kappa shape index (κ1) is 8.28. The summed E-state index contributed by atoms with van der Waals surface area (Å²) in [5, 5.41) is 9.01. The van der Waals surface area contributed by atoms with Gasteiger partial charge in [-0.25, -0.2) is 0 Å². The number of fused-ring (bicyclic) bond motifs is 1. The van der Waals surface area contributed by atoms with Crippen molar-refractivity contribution in [3.05, 3.63) is 35.4 Å². The van der Waals surface area contributed by atoms with Gasteiger partial charge in [-0.1, -0.05) is 31.2 Å². The van der Waals surface area contributed by atoms with Crippen LogP contribution in [0.4, 0.5) is 0 Å². The normalized spacial score (nSPS) is 31.0. The Bertz CT molecular complexity index is 378. The van der Waals surface area contributed by atoms with E-state index in [-0.39, 0.29) is 0 Å². The summed E-state index contributed by atoms with van der Waals surface area (Å²) in [6, 6.07) is 10.2. The summed E-state index contributed by atoms with van der Waals surface area (Å²) in [4.78, 5) is 0. The average molecular weight is 172 g/mol. The Hall–Kier alpha value is -1.33. The van der Waals surface area contributed by atoms with Crippen LogP contribution in [0, 0.1) is 11.3 Å². The van der Waals surface area contributed by atoms with Crippen LogP contribution in [-0.4, -0.2) is 0 Å². The molecule has 0 amide bonds. The van der Waals surface area contributed by atoms with Crippen molar-refractivity contribution < 1.29 is 0 Å². The van der Waals surface area contributed by atoms with Gasteiger partial charge in [0.05, 0.1) is 6.07 Å². The fourth-order valence-electron chi connectivity index (χ4n) is 2.14. The molecule has 2 nitrogen and oxygen atoms in total. The van der Waals surface area contributed by atoms with Crippen molar-refractivity contribution in [3.63, 3.8) is 0 Å². The van der Waals surface area contributed by atoms with Gasteiger partial charge in [0.25, 0.3) is 0 Å². The molecular formula is C11H12N2. The summed E-state index contributed by atoms with van der Waals surface area (Å²) < 4.78 is 0. The van der Waals surface area contributed by atoms with E-state index in [0.717, 1.165) is 12.0 Å². The van der Waals surface area contributed by atoms with E-state index in [1.807, 2.05) is 18.2 Å². The highest BCUT2D eigenvalue weighted by Crippen LogP contribution is 2.41. The zero-order valence-electron chi connectivity index (χ0n) is 7.62. The first-order valence-electron chi connectivity index (χ1n) is 4.47. The van der Waals surface area contributed by atoms with Gasteiger partial charge in [0.2, 0.25) is 0 Å². The number of nitrogens with two attached hydrogens (primary N) is 1. The predicted octanol–water partition coefficient (Wildman–Crippen LogP) is 1.87. The van der Waals surface area contributed by atoms with Crippen molar-refractivity contribution in [1.82, 2.24) is 0 Å². The molecule has 2 atom stereocenters. The van der Waals surface area contributed by atoms with Gasteiger partial charge < -0.3 is 5.73 Å². The van der Waals surface area contributed by atoms with Crippen LogP contribution in [0.5, 0.6) is 0 Å². The summed E-state index contributed by atoms with van der Waals surface area (Å²) in [5.41, 5.74) is 7.48. The van der Waals surface area contributed by atoms with E-state index < -0.39 is 5.54 Å². The topological polar surface area (TPSA) is 49.8 Å². The van der Waals surface area contributed by atoms with Gasteiger partial charge in [0.1, 0.15) is 5.54 Å². The Morgan fingerprint density at radius 2 is 2.23 bits per heavy atom. The molecule has 1 aromatic rings. The monoisotopic (exact) mass is 172 g/mol. The van der Waals surface area contributed by atoms with E-state index in [1.54, 1.807) is 0 Å². The molecule has 0 radical (unpaired) electrons. The number of hydrogen-bond donors (Lipinski definition) is 1. The highest BCUT2D eigenvalue weighted by molar-refractivity contribution is 5.45. The van der Waals surface area contributed by atoms with Crippen LogP contribution in [0.2, 0.25) is 0 Å². The Morgan fingerprint density at radius 1 is 1.54 bits per heavy atom. The lowest BCUT2D eigenvalue weighted by Crippen LogP contribution is -2.32. The molecule has 0 spiro atoms. The first-order chi connectivity index (χ1) is 6.17. The number of hydrogen-bond acceptors (Lipinski definition) is 2. The third-order valence-corrected chi connectivity index (χ3v) is 2.80. The maximum Gasteiger partial charge on any atom is 0.130 e. The average Bonchev–Trinajstić information content (AvgIpc) is 2.42. The van der Waals surface area contributed by atoms with Crippen LogP contribution in [0.1, 0.15) is 30.4 Å². The van der Waals surface area contributed by atoms with Gasteiger partial charge in [-0.2, -0.15) is 5.26 Å². The number of nitriles is 1. The molecule has 2 heteroatoms. The van der Waals surface area contributed by atoms with Crippen molar-refractivity contribution in [3.8, 4) is 6.07 Å². The van der Waals surface area contributed by atoms with Gasteiger partial charge in [-0.15, -0.1) is 0 Å².